The maximum Gasteiger partial charge on any atom is 0.343 e. The molecule has 0 radical (unpaired) electrons. The third-order valence-corrected chi connectivity index (χ3v) is 4.58. The molecule has 4 rings (SSSR count). The second kappa shape index (κ2) is 7.81. The van der Waals surface area contributed by atoms with E-state index in [-0.39, 0.29) is 22.5 Å². The number of halogens is 1. The monoisotopic (exact) mass is 406 g/mol. The summed E-state index contributed by atoms with van der Waals surface area (Å²) in [4.78, 5) is 25.0. The molecule has 0 aliphatic heterocycles. The second-order valence-electron chi connectivity index (χ2n) is 6.38. The van der Waals surface area contributed by atoms with E-state index >= 15 is 0 Å². The van der Waals surface area contributed by atoms with Crippen LogP contribution in [0, 0.1) is 6.92 Å². The summed E-state index contributed by atoms with van der Waals surface area (Å²) >= 11 is 6.07. The molecule has 0 N–H and O–H groups in total. The molecule has 0 amide bonds. The fourth-order valence-electron chi connectivity index (χ4n) is 2.73. The number of esters is 1. The van der Waals surface area contributed by atoms with E-state index in [0.717, 1.165) is 5.56 Å². The maximum absolute atomic E-state index is 12.7. The van der Waals surface area contributed by atoms with Crippen LogP contribution >= 0.6 is 11.6 Å². The molecule has 0 atom stereocenters. The summed E-state index contributed by atoms with van der Waals surface area (Å²) in [6.45, 7) is 1.93. The van der Waals surface area contributed by atoms with Crippen molar-refractivity contribution in [3.8, 4) is 17.2 Å². The van der Waals surface area contributed by atoms with E-state index in [0.29, 0.717) is 21.7 Å². The quantitative estimate of drug-likeness (QED) is 0.318. The summed E-state index contributed by atoms with van der Waals surface area (Å²) in [6.07, 6.45) is 1.21. The lowest BCUT2D eigenvalue weighted by molar-refractivity contribution is 0.0735. The molecule has 0 saturated carbocycles. The first-order valence-electron chi connectivity index (χ1n) is 8.78. The van der Waals surface area contributed by atoms with Gasteiger partial charge in [-0.05, 0) is 43.3 Å². The highest BCUT2D eigenvalue weighted by molar-refractivity contribution is 6.32. The van der Waals surface area contributed by atoms with Gasteiger partial charge in [0, 0.05) is 6.07 Å². The molecule has 6 heteroatoms. The van der Waals surface area contributed by atoms with E-state index in [4.69, 9.17) is 25.5 Å². The zero-order valence-electron chi connectivity index (χ0n) is 15.3. The van der Waals surface area contributed by atoms with E-state index in [1.807, 2.05) is 19.1 Å². The molecule has 0 aliphatic rings. The van der Waals surface area contributed by atoms with Gasteiger partial charge in [0.05, 0.1) is 16.0 Å². The summed E-state index contributed by atoms with van der Waals surface area (Å²) in [5, 5.41) is 0.676. The number of hydrogen-bond donors (Lipinski definition) is 0. The fourth-order valence-corrected chi connectivity index (χ4v) is 2.90. The summed E-state index contributed by atoms with van der Waals surface area (Å²) in [5.74, 6) is 0.135. The number of carbonyl (C=O) groups excluding carboxylic acids is 1. The lowest BCUT2D eigenvalue weighted by Gasteiger charge is -2.08. The van der Waals surface area contributed by atoms with Crippen LogP contribution < -0.4 is 14.9 Å². The predicted octanol–water partition coefficient (Wildman–Crippen LogP) is 5.77. The molecule has 0 bridgehead atoms. The molecule has 0 saturated heterocycles. The number of hydrogen-bond acceptors (Lipinski definition) is 5. The smallest absolute Gasteiger partial charge is 0.343 e. The van der Waals surface area contributed by atoms with Gasteiger partial charge in [-0.15, -0.1) is 0 Å². The third-order valence-electron chi connectivity index (χ3n) is 4.27. The van der Waals surface area contributed by atoms with Crippen LogP contribution in [0.2, 0.25) is 5.02 Å². The van der Waals surface area contributed by atoms with Crippen LogP contribution in [0.25, 0.3) is 11.0 Å². The Morgan fingerprint density at radius 2 is 1.72 bits per heavy atom. The minimum atomic E-state index is -0.495. The summed E-state index contributed by atoms with van der Waals surface area (Å²) < 4.78 is 16.5. The van der Waals surface area contributed by atoms with E-state index < -0.39 is 5.97 Å². The van der Waals surface area contributed by atoms with E-state index in [1.54, 1.807) is 36.4 Å². The molecule has 0 aliphatic carbocycles. The van der Waals surface area contributed by atoms with Crippen molar-refractivity contribution in [3.63, 3.8) is 0 Å². The fraction of sp³-hybridized carbons (Fsp3) is 0.0435. The van der Waals surface area contributed by atoms with Crippen molar-refractivity contribution in [2.24, 2.45) is 0 Å². The Labute approximate surface area is 171 Å². The highest BCUT2D eigenvalue weighted by Gasteiger charge is 2.13. The lowest BCUT2D eigenvalue weighted by atomic mass is 10.1. The van der Waals surface area contributed by atoms with Gasteiger partial charge in [0.15, 0.2) is 0 Å². The minimum Gasteiger partial charge on any atom is -0.460 e. The van der Waals surface area contributed by atoms with Crippen molar-refractivity contribution in [2.45, 2.75) is 6.92 Å². The highest BCUT2D eigenvalue weighted by Crippen LogP contribution is 2.29. The first-order chi connectivity index (χ1) is 14.0. The molecule has 0 spiro atoms. The standard InChI is InChI=1S/C23H15ClO5/c1-14-6-8-15(9-7-14)23(26)28-16-10-11-17-20(12-16)27-13-21(22(17)25)29-19-5-3-2-4-18(19)24/h2-13H,1H3. The molecular formula is C23H15ClO5. The second-order valence-corrected chi connectivity index (χ2v) is 6.78. The van der Waals surface area contributed by atoms with E-state index in [9.17, 15) is 9.59 Å². The van der Waals surface area contributed by atoms with Crippen molar-refractivity contribution >= 4 is 28.5 Å². The Hall–Kier alpha value is -3.57. The van der Waals surface area contributed by atoms with Gasteiger partial charge in [0.25, 0.3) is 0 Å². The Bertz CT molecular complexity index is 1260. The van der Waals surface area contributed by atoms with Crippen molar-refractivity contribution in [1.29, 1.82) is 0 Å². The topological polar surface area (TPSA) is 65.7 Å². The van der Waals surface area contributed by atoms with Crippen LogP contribution in [0.15, 0.2) is 82.2 Å². The molecule has 4 aromatic rings. The normalized spacial score (nSPS) is 10.7. The molecule has 1 heterocycles. The number of aryl methyl sites for hydroxylation is 1. The Morgan fingerprint density at radius 1 is 0.966 bits per heavy atom. The van der Waals surface area contributed by atoms with Crippen molar-refractivity contribution in [1.82, 2.24) is 0 Å². The lowest BCUT2D eigenvalue weighted by Crippen LogP contribution is -2.09. The molecule has 3 aromatic carbocycles. The number of ether oxygens (including phenoxy) is 2. The number of rotatable bonds is 4. The van der Waals surface area contributed by atoms with Gasteiger partial charge in [0.1, 0.15) is 23.3 Å². The van der Waals surface area contributed by atoms with Gasteiger partial charge in [0.2, 0.25) is 11.2 Å². The van der Waals surface area contributed by atoms with Crippen LogP contribution in [-0.4, -0.2) is 5.97 Å². The molecule has 1 aromatic heterocycles. The van der Waals surface area contributed by atoms with Gasteiger partial charge < -0.3 is 13.9 Å². The molecule has 5 nitrogen and oxygen atoms in total. The van der Waals surface area contributed by atoms with Crippen LogP contribution in [0.1, 0.15) is 15.9 Å². The van der Waals surface area contributed by atoms with Crippen LogP contribution in [0.5, 0.6) is 17.2 Å². The van der Waals surface area contributed by atoms with Gasteiger partial charge >= 0.3 is 5.97 Å². The van der Waals surface area contributed by atoms with Crippen molar-refractivity contribution in [3.05, 3.63) is 99.4 Å². The predicted molar refractivity (Wildman–Crippen MR) is 110 cm³/mol. The number of benzene rings is 3. The zero-order chi connectivity index (χ0) is 20.4. The summed E-state index contributed by atoms with van der Waals surface area (Å²) in [5.41, 5.74) is 1.39. The van der Waals surface area contributed by atoms with Crippen molar-refractivity contribution < 1.29 is 18.7 Å². The minimum absolute atomic E-state index is 0.00926. The Kier molecular flexibility index (Phi) is 5.06. The SMILES string of the molecule is Cc1ccc(C(=O)Oc2ccc3c(=O)c(Oc4ccccc4Cl)coc3c2)cc1. The molecule has 0 unspecified atom stereocenters. The van der Waals surface area contributed by atoms with Crippen molar-refractivity contribution in [2.75, 3.05) is 0 Å². The Balaban J connectivity index is 1.60. The summed E-state index contributed by atoms with van der Waals surface area (Å²) in [6, 6.07) is 18.4. The van der Waals surface area contributed by atoms with Crippen LogP contribution in [0.3, 0.4) is 0 Å². The molecule has 29 heavy (non-hydrogen) atoms. The van der Waals surface area contributed by atoms with Gasteiger partial charge in [-0.25, -0.2) is 4.79 Å². The molecule has 0 fully saturated rings. The summed E-state index contributed by atoms with van der Waals surface area (Å²) in [7, 11) is 0. The average molecular weight is 407 g/mol. The zero-order valence-corrected chi connectivity index (χ0v) is 16.1. The number of para-hydroxylation sites is 1. The van der Waals surface area contributed by atoms with Gasteiger partial charge in [-0.2, -0.15) is 0 Å². The first-order valence-corrected chi connectivity index (χ1v) is 9.16. The van der Waals surface area contributed by atoms with Gasteiger partial charge in [-0.1, -0.05) is 41.4 Å². The number of carbonyl (C=O) groups is 1. The largest absolute Gasteiger partial charge is 0.460 e. The first kappa shape index (κ1) is 18.8. The average Bonchev–Trinajstić information content (AvgIpc) is 2.72. The maximum atomic E-state index is 12.7. The molecule has 144 valence electrons. The Morgan fingerprint density at radius 3 is 2.48 bits per heavy atom. The number of fused-ring (bicyclic) bond motifs is 1. The molecular weight excluding hydrogens is 392 g/mol. The van der Waals surface area contributed by atoms with E-state index in [2.05, 4.69) is 0 Å². The highest BCUT2D eigenvalue weighted by atomic mass is 35.5. The van der Waals surface area contributed by atoms with Crippen LogP contribution in [-0.2, 0) is 0 Å². The van der Waals surface area contributed by atoms with Gasteiger partial charge in [-0.3, -0.25) is 4.79 Å². The van der Waals surface area contributed by atoms with E-state index in [1.165, 1.54) is 24.5 Å². The third kappa shape index (κ3) is 4.00. The van der Waals surface area contributed by atoms with Crippen LogP contribution in [0.4, 0.5) is 0 Å².